The first-order valence-corrected chi connectivity index (χ1v) is 10.5. The van der Waals surface area contributed by atoms with Gasteiger partial charge in [-0.2, -0.15) is 10.4 Å². The van der Waals surface area contributed by atoms with Gasteiger partial charge in [-0.1, -0.05) is 22.8 Å². The van der Waals surface area contributed by atoms with Crippen LogP contribution in [0.15, 0.2) is 41.1 Å². The summed E-state index contributed by atoms with van der Waals surface area (Å²) in [5, 5.41) is 20.4. The van der Waals surface area contributed by atoms with Crippen molar-refractivity contribution in [1.82, 2.24) is 25.2 Å². The smallest absolute Gasteiger partial charge is 0.273 e. The highest BCUT2D eigenvalue weighted by molar-refractivity contribution is 6.32. The number of carbonyl (C=O) groups excluding carboxylic acids is 3. The summed E-state index contributed by atoms with van der Waals surface area (Å²) in [6, 6.07) is 10.1. The Morgan fingerprint density at radius 1 is 1.27 bits per heavy atom. The summed E-state index contributed by atoms with van der Waals surface area (Å²) < 4.78 is 6.80. The van der Waals surface area contributed by atoms with Crippen LogP contribution in [-0.4, -0.2) is 43.6 Å². The summed E-state index contributed by atoms with van der Waals surface area (Å²) in [6.45, 7) is 2.18. The zero-order valence-electron chi connectivity index (χ0n) is 17.6. The second-order valence-electron chi connectivity index (χ2n) is 7.66. The first kappa shape index (κ1) is 22.2. The Labute approximate surface area is 193 Å². The van der Waals surface area contributed by atoms with Crippen LogP contribution >= 0.6 is 11.6 Å². The fourth-order valence-electron chi connectivity index (χ4n) is 3.46. The molecule has 0 radical (unpaired) electrons. The van der Waals surface area contributed by atoms with Crippen LogP contribution in [0.5, 0.6) is 0 Å². The van der Waals surface area contributed by atoms with E-state index >= 15 is 0 Å². The molecule has 2 aromatic heterocycles. The van der Waals surface area contributed by atoms with E-state index < -0.39 is 5.91 Å². The number of halogens is 1. The first-order chi connectivity index (χ1) is 15.8. The van der Waals surface area contributed by atoms with Crippen molar-refractivity contribution in [1.29, 1.82) is 5.26 Å². The molecule has 10 nitrogen and oxygen atoms in total. The average molecular weight is 467 g/mol. The number of hydrogen-bond acceptors (Lipinski definition) is 7. The number of rotatable bonds is 7. The van der Waals surface area contributed by atoms with Crippen LogP contribution in [0.1, 0.15) is 41.6 Å². The Morgan fingerprint density at radius 2 is 2.03 bits per heavy atom. The van der Waals surface area contributed by atoms with E-state index in [9.17, 15) is 14.4 Å². The highest BCUT2D eigenvalue weighted by Gasteiger charge is 2.30. The van der Waals surface area contributed by atoms with Crippen molar-refractivity contribution < 1.29 is 18.9 Å². The SMILES string of the molecule is C[C@@H](Cn1ccc(-c2ccc(C#N)c(Cl)c2)n1)NC(=O)c1cc(CN2C(=O)CCC2=O)on1. The van der Waals surface area contributed by atoms with Gasteiger partial charge in [-0.3, -0.25) is 24.0 Å². The van der Waals surface area contributed by atoms with Gasteiger partial charge in [-0.15, -0.1) is 0 Å². The van der Waals surface area contributed by atoms with E-state index in [4.69, 9.17) is 21.4 Å². The third kappa shape index (κ3) is 4.94. The van der Waals surface area contributed by atoms with Gasteiger partial charge >= 0.3 is 0 Å². The van der Waals surface area contributed by atoms with E-state index in [2.05, 4.69) is 15.6 Å². The van der Waals surface area contributed by atoms with Crippen LogP contribution in [0.2, 0.25) is 5.02 Å². The lowest BCUT2D eigenvalue weighted by Gasteiger charge is -2.12. The van der Waals surface area contributed by atoms with Crippen LogP contribution in [0.3, 0.4) is 0 Å². The molecule has 3 aromatic rings. The fourth-order valence-corrected chi connectivity index (χ4v) is 3.68. The fraction of sp³-hybridized carbons (Fsp3) is 0.273. The summed E-state index contributed by atoms with van der Waals surface area (Å²) in [6.07, 6.45) is 2.15. The van der Waals surface area contributed by atoms with Crippen molar-refractivity contribution in [2.75, 3.05) is 0 Å². The summed E-state index contributed by atoms with van der Waals surface area (Å²) in [5.41, 5.74) is 1.92. The molecule has 0 bridgehead atoms. The summed E-state index contributed by atoms with van der Waals surface area (Å²) >= 11 is 6.10. The topological polar surface area (TPSA) is 134 Å². The Hall–Kier alpha value is -3.97. The van der Waals surface area contributed by atoms with E-state index in [1.807, 2.05) is 19.1 Å². The Morgan fingerprint density at radius 3 is 2.73 bits per heavy atom. The molecule has 1 atom stereocenters. The molecule has 0 aliphatic carbocycles. The first-order valence-electron chi connectivity index (χ1n) is 10.2. The largest absolute Gasteiger partial charge is 0.359 e. The van der Waals surface area contributed by atoms with Gasteiger partial charge in [0.05, 0.1) is 29.4 Å². The van der Waals surface area contributed by atoms with Crippen LogP contribution in [0.25, 0.3) is 11.3 Å². The zero-order chi connectivity index (χ0) is 23.5. The maximum Gasteiger partial charge on any atom is 0.273 e. The number of hydrogen-bond donors (Lipinski definition) is 1. The van der Waals surface area contributed by atoms with Crippen LogP contribution < -0.4 is 5.32 Å². The standard InChI is InChI=1S/C22H19ClN6O4/c1-13(11-28-7-6-18(26-28)14-2-3-15(10-24)17(23)8-14)25-22(32)19-9-16(33-27-19)12-29-20(30)4-5-21(29)31/h2-3,6-9,13H,4-5,11-12H2,1H3,(H,25,32)/t13-/m0/s1. The van der Waals surface area contributed by atoms with E-state index in [1.54, 1.807) is 29.1 Å². The average Bonchev–Trinajstić information content (AvgIpc) is 3.51. The quantitative estimate of drug-likeness (QED) is 0.528. The van der Waals surface area contributed by atoms with Gasteiger partial charge in [0.25, 0.3) is 5.91 Å². The summed E-state index contributed by atoms with van der Waals surface area (Å²) in [4.78, 5) is 37.0. The molecule has 4 rings (SSSR count). The van der Waals surface area contributed by atoms with Gasteiger partial charge in [0.1, 0.15) is 6.07 Å². The van der Waals surface area contributed by atoms with Gasteiger partial charge < -0.3 is 9.84 Å². The number of carbonyl (C=O) groups is 3. The van der Waals surface area contributed by atoms with Crippen molar-refractivity contribution in [2.24, 2.45) is 0 Å². The number of nitrogens with one attached hydrogen (secondary N) is 1. The highest BCUT2D eigenvalue weighted by Crippen LogP contribution is 2.24. The predicted molar refractivity (Wildman–Crippen MR) is 116 cm³/mol. The Kier molecular flexibility index (Phi) is 6.24. The molecular weight excluding hydrogens is 448 g/mol. The van der Waals surface area contributed by atoms with Gasteiger partial charge in [-0.25, -0.2) is 0 Å². The third-order valence-corrected chi connectivity index (χ3v) is 5.44. The molecule has 0 spiro atoms. The van der Waals surface area contributed by atoms with E-state index in [-0.39, 0.29) is 48.7 Å². The Balaban J connectivity index is 1.34. The number of amides is 3. The van der Waals surface area contributed by atoms with Crippen molar-refractivity contribution in [3.8, 4) is 17.3 Å². The number of aromatic nitrogens is 3. The van der Waals surface area contributed by atoms with Gasteiger partial charge in [0.15, 0.2) is 11.5 Å². The maximum absolute atomic E-state index is 12.5. The molecule has 0 unspecified atom stereocenters. The summed E-state index contributed by atoms with van der Waals surface area (Å²) in [5.74, 6) is -0.715. The second-order valence-corrected chi connectivity index (χ2v) is 8.06. The van der Waals surface area contributed by atoms with Crippen molar-refractivity contribution >= 4 is 29.3 Å². The van der Waals surface area contributed by atoms with Crippen LogP contribution in [0.4, 0.5) is 0 Å². The number of benzene rings is 1. The van der Waals surface area contributed by atoms with E-state index in [0.29, 0.717) is 22.8 Å². The Bertz CT molecular complexity index is 1260. The second kappa shape index (κ2) is 9.26. The molecule has 3 heterocycles. The minimum atomic E-state index is -0.442. The van der Waals surface area contributed by atoms with E-state index in [1.165, 1.54) is 6.07 Å². The van der Waals surface area contributed by atoms with Gasteiger partial charge in [-0.05, 0) is 25.1 Å². The minimum absolute atomic E-state index is 0.0388. The van der Waals surface area contributed by atoms with Crippen LogP contribution in [-0.2, 0) is 22.7 Å². The molecule has 11 heteroatoms. The molecule has 0 saturated carbocycles. The molecule has 1 N–H and O–H groups in total. The lowest BCUT2D eigenvalue weighted by atomic mass is 10.1. The summed E-state index contributed by atoms with van der Waals surface area (Å²) in [7, 11) is 0. The monoisotopic (exact) mass is 466 g/mol. The minimum Gasteiger partial charge on any atom is -0.359 e. The third-order valence-electron chi connectivity index (χ3n) is 5.12. The number of nitriles is 1. The van der Waals surface area contributed by atoms with Crippen molar-refractivity contribution in [2.45, 2.75) is 38.9 Å². The zero-order valence-corrected chi connectivity index (χ0v) is 18.4. The molecule has 3 amide bonds. The molecule has 1 aliphatic rings. The van der Waals surface area contributed by atoms with Crippen molar-refractivity contribution in [3.63, 3.8) is 0 Å². The molecule has 1 aromatic carbocycles. The number of nitrogens with zero attached hydrogens (tertiary/aromatic N) is 5. The van der Waals surface area contributed by atoms with Gasteiger partial charge in [0, 0.05) is 36.7 Å². The number of likely N-dealkylation sites (tertiary alicyclic amines) is 1. The van der Waals surface area contributed by atoms with Crippen molar-refractivity contribution in [3.05, 3.63) is 58.6 Å². The molecule has 33 heavy (non-hydrogen) atoms. The molecular formula is C22H19ClN6O4. The molecule has 168 valence electrons. The van der Waals surface area contributed by atoms with Gasteiger partial charge in [0.2, 0.25) is 11.8 Å². The molecule has 1 saturated heterocycles. The lowest BCUT2D eigenvalue weighted by Crippen LogP contribution is -2.36. The van der Waals surface area contributed by atoms with Crippen LogP contribution in [0, 0.1) is 11.3 Å². The highest BCUT2D eigenvalue weighted by atomic mass is 35.5. The maximum atomic E-state index is 12.5. The lowest BCUT2D eigenvalue weighted by molar-refractivity contribution is -0.139. The van der Waals surface area contributed by atoms with E-state index in [0.717, 1.165) is 10.5 Å². The molecule has 1 aliphatic heterocycles. The number of imide groups is 1. The molecule has 1 fully saturated rings. The normalized spacial score (nSPS) is 14.4. The predicted octanol–water partition coefficient (Wildman–Crippen LogP) is 2.53.